The minimum Gasteiger partial charge on any atom is -0.349 e. The molecular formula is C30H54O2. The van der Waals surface area contributed by atoms with E-state index in [1.165, 1.54) is 89.0 Å². The minimum atomic E-state index is -0.484. The molecule has 0 saturated carbocycles. The molecule has 0 amide bonds. The summed E-state index contributed by atoms with van der Waals surface area (Å²) in [6.07, 6.45) is 19.7. The molecule has 186 valence electrons. The highest BCUT2D eigenvalue weighted by atomic mass is 16.7. The van der Waals surface area contributed by atoms with Gasteiger partial charge < -0.3 is 9.47 Å². The number of ether oxygens (including phenoxy) is 2. The van der Waals surface area contributed by atoms with Gasteiger partial charge in [-0.2, -0.15) is 0 Å². The molecule has 2 nitrogen and oxygen atoms in total. The highest BCUT2D eigenvalue weighted by Gasteiger charge is 2.40. The summed E-state index contributed by atoms with van der Waals surface area (Å²) >= 11 is 0. The lowest BCUT2D eigenvalue weighted by Gasteiger charge is -2.41. The molecule has 0 spiro atoms. The van der Waals surface area contributed by atoms with Crippen LogP contribution >= 0.6 is 0 Å². The van der Waals surface area contributed by atoms with Gasteiger partial charge in [0.05, 0.1) is 13.2 Å². The molecular weight excluding hydrogens is 392 g/mol. The van der Waals surface area contributed by atoms with Gasteiger partial charge in [0, 0.05) is 12.3 Å². The Balaban J connectivity index is 2.99. The van der Waals surface area contributed by atoms with E-state index in [-0.39, 0.29) is 0 Å². The first-order chi connectivity index (χ1) is 15.7. The molecule has 0 aliphatic rings. The summed E-state index contributed by atoms with van der Waals surface area (Å²) in [6.45, 7) is 10.8. The first-order valence-electron chi connectivity index (χ1n) is 14.0. The highest BCUT2D eigenvalue weighted by Crippen LogP contribution is 2.36. The van der Waals surface area contributed by atoms with Crippen LogP contribution in [0.1, 0.15) is 130 Å². The van der Waals surface area contributed by atoms with Gasteiger partial charge in [0.2, 0.25) is 0 Å². The smallest absolute Gasteiger partial charge is 0.175 e. The normalized spacial score (nSPS) is 12.9. The number of rotatable bonds is 22. The largest absolute Gasteiger partial charge is 0.349 e. The van der Waals surface area contributed by atoms with Gasteiger partial charge in [-0.05, 0) is 31.2 Å². The maximum Gasteiger partial charge on any atom is 0.175 e. The van der Waals surface area contributed by atoms with Crippen LogP contribution in [0.4, 0.5) is 0 Å². The van der Waals surface area contributed by atoms with E-state index < -0.39 is 5.79 Å². The van der Waals surface area contributed by atoms with Crippen molar-refractivity contribution in [2.45, 2.75) is 136 Å². The summed E-state index contributed by atoms with van der Waals surface area (Å²) in [5.41, 5.74) is 1.34. The molecule has 1 atom stereocenters. The predicted molar refractivity (Wildman–Crippen MR) is 140 cm³/mol. The summed E-state index contributed by atoms with van der Waals surface area (Å²) in [4.78, 5) is 0. The van der Waals surface area contributed by atoms with Crippen molar-refractivity contribution >= 4 is 0 Å². The molecule has 0 aromatic heterocycles. The van der Waals surface area contributed by atoms with Gasteiger partial charge in [0.25, 0.3) is 0 Å². The van der Waals surface area contributed by atoms with E-state index >= 15 is 0 Å². The molecule has 1 aromatic rings. The molecule has 0 fully saturated rings. The number of unbranched alkanes of at least 4 members (excludes halogenated alkanes) is 9. The van der Waals surface area contributed by atoms with E-state index in [9.17, 15) is 0 Å². The van der Waals surface area contributed by atoms with Crippen LogP contribution < -0.4 is 0 Å². The van der Waals surface area contributed by atoms with Crippen molar-refractivity contribution in [1.29, 1.82) is 0 Å². The molecule has 2 heteroatoms. The molecule has 0 bridgehead atoms. The van der Waals surface area contributed by atoms with E-state index in [1.807, 2.05) is 0 Å². The van der Waals surface area contributed by atoms with Gasteiger partial charge in [0.1, 0.15) is 0 Å². The Morgan fingerprint density at radius 3 is 1.69 bits per heavy atom. The van der Waals surface area contributed by atoms with Crippen LogP contribution in [-0.2, 0) is 15.9 Å². The van der Waals surface area contributed by atoms with Crippen molar-refractivity contribution in [1.82, 2.24) is 0 Å². The number of hydrogen-bond acceptors (Lipinski definition) is 2. The van der Waals surface area contributed by atoms with Crippen molar-refractivity contribution in [2.24, 2.45) is 5.92 Å². The van der Waals surface area contributed by atoms with Crippen LogP contribution in [0.2, 0.25) is 0 Å². The minimum absolute atomic E-state index is 0.460. The molecule has 0 radical (unpaired) electrons. The van der Waals surface area contributed by atoms with Crippen LogP contribution in [0.5, 0.6) is 0 Å². The van der Waals surface area contributed by atoms with E-state index in [0.29, 0.717) is 5.92 Å². The maximum atomic E-state index is 6.80. The van der Waals surface area contributed by atoms with Crippen LogP contribution in [0.15, 0.2) is 30.3 Å². The summed E-state index contributed by atoms with van der Waals surface area (Å²) in [5.74, 6) is -0.0236. The Kier molecular flexibility index (Phi) is 17.9. The SMILES string of the molecule is CCCCCCCCC(CCC)C(Cc1ccccc1)(OCCCCC)OCCCCC. The quantitative estimate of drug-likeness (QED) is 0.130. The van der Waals surface area contributed by atoms with Crippen LogP contribution in [0.25, 0.3) is 0 Å². The maximum absolute atomic E-state index is 6.80. The lowest BCUT2D eigenvalue weighted by molar-refractivity contribution is -0.270. The van der Waals surface area contributed by atoms with Crippen LogP contribution in [0.3, 0.4) is 0 Å². The van der Waals surface area contributed by atoms with Gasteiger partial charge in [-0.3, -0.25) is 0 Å². The third kappa shape index (κ3) is 12.4. The van der Waals surface area contributed by atoms with Gasteiger partial charge in [-0.15, -0.1) is 0 Å². The number of benzene rings is 1. The zero-order valence-electron chi connectivity index (χ0n) is 22.0. The van der Waals surface area contributed by atoms with Crippen LogP contribution in [-0.4, -0.2) is 19.0 Å². The fourth-order valence-electron chi connectivity index (χ4n) is 4.70. The second kappa shape index (κ2) is 19.6. The summed E-state index contributed by atoms with van der Waals surface area (Å²) < 4.78 is 13.6. The molecule has 1 rings (SSSR count). The van der Waals surface area contributed by atoms with Crippen molar-refractivity contribution < 1.29 is 9.47 Å². The average molecular weight is 447 g/mol. The summed E-state index contributed by atoms with van der Waals surface area (Å²) in [7, 11) is 0. The van der Waals surface area contributed by atoms with Gasteiger partial charge in [0.15, 0.2) is 5.79 Å². The number of hydrogen-bond donors (Lipinski definition) is 0. The first kappa shape index (κ1) is 29.2. The van der Waals surface area contributed by atoms with Gasteiger partial charge in [-0.25, -0.2) is 0 Å². The van der Waals surface area contributed by atoms with Crippen molar-refractivity contribution in [3.8, 4) is 0 Å². The van der Waals surface area contributed by atoms with E-state index in [1.54, 1.807) is 0 Å². The molecule has 1 aromatic carbocycles. The highest BCUT2D eigenvalue weighted by molar-refractivity contribution is 5.17. The Morgan fingerprint density at radius 2 is 1.12 bits per heavy atom. The molecule has 0 aliphatic heterocycles. The molecule has 0 aliphatic carbocycles. The molecule has 1 unspecified atom stereocenters. The molecule has 0 heterocycles. The zero-order chi connectivity index (χ0) is 23.3. The van der Waals surface area contributed by atoms with Gasteiger partial charge in [-0.1, -0.05) is 129 Å². The van der Waals surface area contributed by atoms with E-state index in [4.69, 9.17) is 9.47 Å². The fourth-order valence-corrected chi connectivity index (χ4v) is 4.70. The second-order valence-corrected chi connectivity index (χ2v) is 9.63. The summed E-state index contributed by atoms with van der Waals surface area (Å²) in [5, 5.41) is 0. The predicted octanol–water partition coefficient (Wildman–Crippen LogP) is 9.51. The van der Waals surface area contributed by atoms with E-state index in [0.717, 1.165) is 32.5 Å². The Bertz CT molecular complexity index is 501. The van der Waals surface area contributed by atoms with Crippen molar-refractivity contribution in [3.05, 3.63) is 35.9 Å². The summed E-state index contributed by atoms with van der Waals surface area (Å²) in [6, 6.07) is 10.9. The second-order valence-electron chi connectivity index (χ2n) is 9.63. The molecule has 0 saturated heterocycles. The van der Waals surface area contributed by atoms with Crippen molar-refractivity contribution in [3.63, 3.8) is 0 Å². The Morgan fingerprint density at radius 1 is 0.594 bits per heavy atom. The molecule has 32 heavy (non-hydrogen) atoms. The van der Waals surface area contributed by atoms with Gasteiger partial charge >= 0.3 is 0 Å². The molecule has 0 N–H and O–H groups in total. The van der Waals surface area contributed by atoms with E-state index in [2.05, 4.69) is 58.0 Å². The van der Waals surface area contributed by atoms with Crippen molar-refractivity contribution in [2.75, 3.05) is 13.2 Å². The Labute approximate surface area is 200 Å². The average Bonchev–Trinajstić information content (AvgIpc) is 2.81. The van der Waals surface area contributed by atoms with Crippen LogP contribution in [0, 0.1) is 5.92 Å². The fraction of sp³-hybridized carbons (Fsp3) is 0.800. The lowest BCUT2D eigenvalue weighted by atomic mass is 9.84. The zero-order valence-corrected chi connectivity index (χ0v) is 22.0. The standard InChI is InChI=1S/C30H54O2/c1-5-9-12-13-14-18-24-29(21-8-4)30(31-25-19-10-6-2,32-26-20-11-7-3)27-28-22-16-15-17-23-28/h15-17,22-23,29H,5-14,18-21,24-27H2,1-4H3. The Hall–Kier alpha value is -0.860. The third-order valence-corrected chi connectivity index (χ3v) is 6.65. The lowest BCUT2D eigenvalue weighted by Crippen LogP contribution is -2.46. The monoisotopic (exact) mass is 446 g/mol. The topological polar surface area (TPSA) is 18.5 Å². The third-order valence-electron chi connectivity index (χ3n) is 6.65. The first-order valence-corrected chi connectivity index (χ1v) is 14.0.